The minimum atomic E-state index is 0.694. The van der Waals surface area contributed by atoms with Gasteiger partial charge in [0, 0.05) is 62.2 Å². The van der Waals surface area contributed by atoms with E-state index >= 15 is 0 Å². The van der Waals surface area contributed by atoms with Crippen LogP contribution in [-0.2, 0) is 0 Å². The Bertz CT molecular complexity index is 809. The summed E-state index contributed by atoms with van der Waals surface area (Å²) in [4.78, 5) is 9.05. The predicted octanol–water partition coefficient (Wildman–Crippen LogP) is 4.29. The lowest BCUT2D eigenvalue weighted by atomic mass is 9.96. The van der Waals surface area contributed by atoms with Gasteiger partial charge in [-0.15, -0.1) is 0 Å². The molecule has 3 rings (SSSR count). The first-order valence-electron chi connectivity index (χ1n) is 10.3. The van der Waals surface area contributed by atoms with E-state index in [0.29, 0.717) is 6.42 Å². The Labute approximate surface area is 175 Å². The van der Waals surface area contributed by atoms with Gasteiger partial charge in [0.2, 0.25) is 0 Å². The van der Waals surface area contributed by atoms with Crippen LogP contribution in [0.1, 0.15) is 33.1 Å². The van der Waals surface area contributed by atoms with Crippen LogP contribution in [0.3, 0.4) is 0 Å². The zero-order valence-electron chi connectivity index (χ0n) is 18.0. The number of aliphatic imine (C=N–C) groups is 1. The van der Waals surface area contributed by atoms with Crippen molar-refractivity contribution in [3.05, 3.63) is 71.4 Å². The number of nitrogens with zero attached hydrogens (tertiary/aromatic N) is 4. The highest BCUT2D eigenvalue weighted by molar-refractivity contribution is 5.79. The van der Waals surface area contributed by atoms with Crippen LogP contribution < -0.4 is 5.32 Å². The lowest BCUT2D eigenvalue weighted by Gasteiger charge is -2.33. The smallest absolute Gasteiger partial charge is 0.121 e. The van der Waals surface area contributed by atoms with Crippen molar-refractivity contribution in [1.82, 2.24) is 15.1 Å². The molecular weight excluding hydrogens is 358 g/mol. The van der Waals surface area contributed by atoms with E-state index in [1.807, 2.05) is 32.2 Å². The molecule has 2 heterocycles. The lowest BCUT2D eigenvalue weighted by molar-refractivity contribution is 0.186. The van der Waals surface area contributed by atoms with Gasteiger partial charge in [-0.2, -0.15) is 5.26 Å². The number of allylic oxidation sites excluding steroid dienone is 7. The zero-order chi connectivity index (χ0) is 21.2. The normalized spacial score (nSPS) is 22.8. The fourth-order valence-electron chi connectivity index (χ4n) is 3.36. The highest BCUT2D eigenvalue weighted by Crippen LogP contribution is 2.25. The molecule has 3 aliphatic rings. The first kappa shape index (κ1) is 22.4. The van der Waals surface area contributed by atoms with Gasteiger partial charge in [0.15, 0.2) is 0 Å². The summed E-state index contributed by atoms with van der Waals surface area (Å²) in [6.45, 7) is 16.2. The summed E-state index contributed by atoms with van der Waals surface area (Å²) in [5.74, 6) is 0.800. The van der Waals surface area contributed by atoms with Gasteiger partial charge in [0.25, 0.3) is 0 Å². The molecule has 0 unspecified atom stereocenters. The van der Waals surface area contributed by atoms with Gasteiger partial charge in [-0.3, -0.25) is 0 Å². The summed E-state index contributed by atoms with van der Waals surface area (Å²) in [5.41, 5.74) is 5.06. The van der Waals surface area contributed by atoms with Crippen molar-refractivity contribution < 1.29 is 0 Å². The maximum absolute atomic E-state index is 9.19. The second-order valence-corrected chi connectivity index (χ2v) is 7.23. The number of piperazine rings is 1. The second kappa shape index (κ2) is 11.2. The molecule has 2 aliphatic heterocycles. The van der Waals surface area contributed by atoms with Crippen LogP contribution in [0.2, 0.25) is 0 Å². The molecule has 0 aromatic heterocycles. The fraction of sp³-hybridized carbons (Fsp3) is 0.417. The van der Waals surface area contributed by atoms with E-state index in [4.69, 9.17) is 0 Å². The molecule has 0 aromatic rings. The Morgan fingerprint density at radius 2 is 1.93 bits per heavy atom. The fourth-order valence-corrected chi connectivity index (χ4v) is 3.36. The molecule has 5 nitrogen and oxygen atoms in total. The standard InChI is InChI=1S/C22H27N5.C2H6/c1-17(16-24-18(2)27-9-7-26(3)8-10-27)11-22-14-20-12-19(15-23)5-4-6-21(13-20)25-22;1-2/h5-6,12,14,16,25H,1-2,4,7-11,13H2,3H3;1-2H3/b19-5?,20-12+,21-6+,24-16-;. The van der Waals surface area contributed by atoms with Crippen molar-refractivity contribution in [2.75, 3.05) is 33.2 Å². The average molecular weight is 392 g/mol. The van der Waals surface area contributed by atoms with E-state index in [2.05, 4.69) is 58.5 Å². The summed E-state index contributed by atoms with van der Waals surface area (Å²) < 4.78 is 0. The number of nitriles is 1. The van der Waals surface area contributed by atoms with Gasteiger partial charge < -0.3 is 15.1 Å². The van der Waals surface area contributed by atoms with Crippen molar-refractivity contribution in [3.8, 4) is 6.07 Å². The van der Waals surface area contributed by atoms with Crippen LogP contribution in [0.5, 0.6) is 0 Å². The summed E-state index contributed by atoms with van der Waals surface area (Å²) >= 11 is 0. The highest BCUT2D eigenvalue weighted by Gasteiger charge is 2.15. The molecule has 29 heavy (non-hydrogen) atoms. The molecule has 1 fully saturated rings. The van der Waals surface area contributed by atoms with E-state index in [9.17, 15) is 5.26 Å². The Balaban J connectivity index is 0.00000145. The molecule has 1 N–H and O–H groups in total. The molecular formula is C24H33N5. The van der Waals surface area contributed by atoms with Crippen LogP contribution >= 0.6 is 0 Å². The number of rotatable bonds is 5. The largest absolute Gasteiger partial charge is 0.362 e. The van der Waals surface area contributed by atoms with Crippen molar-refractivity contribution in [3.63, 3.8) is 0 Å². The Hall–Kier alpha value is -2.84. The van der Waals surface area contributed by atoms with Crippen molar-refractivity contribution in [2.24, 2.45) is 4.99 Å². The number of fused-ring (bicyclic) bond motifs is 2. The third kappa shape index (κ3) is 6.92. The molecule has 0 amide bonds. The molecule has 0 aromatic carbocycles. The first-order chi connectivity index (χ1) is 14.0. The summed E-state index contributed by atoms with van der Waals surface area (Å²) in [6.07, 6.45) is 12.3. The van der Waals surface area contributed by atoms with Crippen LogP contribution in [0.15, 0.2) is 76.4 Å². The van der Waals surface area contributed by atoms with E-state index in [1.54, 1.807) is 0 Å². The minimum Gasteiger partial charge on any atom is -0.362 e. The Kier molecular flexibility index (Phi) is 8.69. The molecule has 1 aliphatic carbocycles. The lowest BCUT2D eigenvalue weighted by Crippen LogP contribution is -2.43. The molecule has 5 heteroatoms. The monoisotopic (exact) mass is 391 g/mol. The highest BCUT2D eigenvalue weighted by atomic mass is 15.3. The van der Waals surface area contributed by atoms with Gasteiger partial charge in [0.1, 0.15) is 5.82 Å². The van der Waals surface area contributed by atoms with Crippen molar-refractivity contribution in [1.29, 1.82) is 5.26 Å². The molecule has 0 spiro atoms. The van der Waals surface area contributed by atoms with Crippen LogP contribution in [-0.4, -0.2) is 49.2 Å². The van der Waals surface area contributed by atoms with Gasteiger partial charge in [-0.25, -0.2) is 4.99 Å². The minimum absolute atomic E-state index is 0.694. The molecule has 2 bridgehead atoms. The topological polar surface area (TPSA) is 54.7 Å². The third-order valence-electron chi connectivity index (χ3n) is 4.93. The second-order valence-electron chi connectivity index (χ2n) is 7.23. The number of hydrogen-bond donors (Lipinski definition) is 1. The van der Waals surface area contributed by atoms with E-state index in [0.717, 1.165) is 67.3 Å². The molecule has 154 valence electrons. The van der Waals surface area contributed by atoms with Crippen LogP contribution in [0.25, 0.3) is 0 Å². The maximum atomic E-state index is 9.19. The van der Waals surface area contributed by atoms with E-state index in [-0.39, 0.29) is 0 Å². The summed E-state index contributed by atoms with van der Waals surface area (Å²) in [7, 11) is 2.13. The summed E-state index contributed by atoms with van der Waals surface area (Å²) in [5, 5.41) is 12.7. The molecule has 0 radical (unpaired) electrons. The SMILES string of the molecule is C=C(/C=N\C(=C)N1CCN(C)CC1)CC1=C/C2=C/C(C#N)=CC/C=C(\C2)N1.CC. The van der Waals surface area contributed by atoms with Crippen LogP contribution in [0.4, 0.5) is 0 Å². The quantitative estimate of drug-likeness (QED) is 0.711. The Morgan fingerprint density at radius 3 is 2.62 bits per heavy atom. The number of likely N-dealkylation sites (N-methyl/N-ethyl adjacent to an activating group) is 1. The third-order valence-corrected chi connectivity index (χ3v) is 4.93. The van der Waals surface area contributed by atoms with E-state index in [1.165, 1.54) is 5.70 Å². The van der Waals surface area contributed by atoms with Gasteiger partial charge in [0.05, 0.1) is 6.07 Å². The van der Waals surface area contributed by atoms with Gasteiger partial charge >= 0.3 is 0 Å². The maximum Gasteiger partial charge on any atom is 0.121 e. The average Bonchev–Trinajstić information content (AvgIpc) is 2.72. The van der Waals surface area contributed by atoms with Crippen LogP contribution in [0, 0.1) is 11.3 Å². The van der Waals surface area contributed by atoms with Crippen molar-refractivity contribution >= 4 is 6.21 Å². The van der Waals surface area contributed by atoms with Gasteiger partial charge in [-0.1, -0.05) is 39.2 Å². The van der Waals surface area contributed by atoms with E-state index < -0.39 is 0 Å². The Morgan fingerprint density at radius 1 is 1.21 bits per heavy atom. The molecule has 0 atom stereocenters. The summed E-state index contributed by atoms with van der Waals surface area (Å²) in [6, 6.07) is 2.25. The first-order valence-corrected chi connectivity index (χ1v) is 10.3. The molecule has 0 saturated carbocycles. The predicted molar refractivity (Wildman–Crippen MR) is 122 cm³/mol. The van der Waals surface area contributed by atoms with Gasteiger partial charge in [-0.05, 0) is 36.8 Å². The zero-order valence-corrected chi connectivity index (χ0v) is 18.0. The number of nitrogens with one attached hydrogen (secondary N) is 1. The molecule has 1 saturated heterocycles. The number of hydrogen-bond acceptors (Lipinski definition) is 5. The van der Waals surface area contributed by atoms with Crippen molar-refractivity contribution in [2.45, 2.75) is 33.1 Å².